The van der Waals surface area contributed by atoms with Crippen molar-refractivity contribution >= 4 is 39.2 Å². The summed E-state index contributed by atoms with van der Waals surface area (Å²) in [6.45, 7) is 2.98. The third-order valence-electron chi connectivity index (χ3n) is 6.72. The fourth-order valence-electron chi connectivity index (χ4n) is 5.08. The number of rotatable bonds is 3. The molecule has 0 aliphatic carbocycles. The van der Waals surface area contributed by atoms with Crippen molar-refractivity contribution in [1.82, 2.24) is 19.9 Å². The molecule has 9 heteroatoms. The molecule has 164 valence electrons. The lowest BCUT2D eigenvalue weighted by Gasteiger charge is -2.45. The Morgan fingerprint density at radius 2 is 1.84 bits per heavy atom. The maximum absolute atomic E-state index is 14.3. The first kappa shape index (κ1) is 19.7. The van der Waals surface area contributed by atoms with Gasteiger partial charge >= 0.3 is 0 Å². The van der Waals surface area contributed by atoms with Gasteiger partial charge in [0.25, 0.3) is 5.56 Å². The number of H-pyrrole nitrogens is 2. The Morgan fingerprint density at radius 3 is 2.59 bits per heavy atom. The van der Waals surface area contributed by atoms with Crippen molar-refractivity contribution in [2.75, 3.05) is 25.0 Å². The van der Waals surface area contributed by atoms with E-state index in [-0.39, 0.29) is 17.1 Å². The van der Waals surface area contributed by atoms with E-state index in [1.807, 2.05) is 0 Å². The second kappa shape index (κ2) is 7.28. The Bertz CT molecular complexity index is 1420. The maximum Gasteiger partial charge on any atom is 0.261 e. The minimum Gasteiger partial charge on any atom is -0.379 e. The molecule has 3 aliphatic rings. The van der Waals surface area contributed by atoms with E-state index in [2.05, 4.69) is 25.2 Å². The molecule has 6 nitrogen and oxygen atoms in total. The van der Waals surface area contributed by atoms with Crippen LogP contribution in [0, 0.1) is 17.6 Å². The normalized spacial score (nSPS) is 22.7. The van der Waals surface area contributed by atoms with Crippen molar-refractivity contribution in [2.24, 2.45) is 5.92 Å². The molecule has 0 unspecified atom stereocenters. The minimum absolute atomic E-state index is 0.105. The predicted octanol–water partition coefficient (Wildman–Crippen LogP) is 4.51. The first-order chi connectivity index (χ1) is 15.5. The summed E-state index contributed by atoms with van der Waals surface area (Å²) in [6, 6.07) is 7.50. The Labute approximate surface area is 186 Å². The molecule has 4 aromatic rings. The number of aromatic amines is 2. The van der Waals surface area contributed by atoms with Gasteiger partial charge in [-0.05, 0) is 56.1 Å². The minimum atomic E-state index is -1.01. The van der Waals surface area contributed by atoms with Crippen LogP contribution in [0.1, 0.15) is 12.8 Å². The van der Waals surface area contributed by atoms with Gasteiger partial charge in [0.15, 0.2) is 11.6 Å². The highest BCUT2D eigenvalue weighted by molar-refractivity contribution is 6.31. The van der Waals surface area contributed by atoms with Gasteiger partial charge in [0.2, 0.25) is 0 Å². The molecule has 1 atom stereocenters. The monoisotopic (exact) mass is 455 g/mol. The SMILES string of the molecule is O=c1[nH]c2cc(F)c(F)cc2c(N[C@H]2CN3CCC2CC3)c1-c1nc2cc(Cl)ccc2[nH]1. The summed E-state index contributed by atoms with van der Waals surface area (Å²) in [6.07, 6.45) is 2.14. The summed E-state index contributed by atoms with van der Waals surface area (Å²) in [7, 11) is 0. The molecule has 5 heterocycles. The van der Waals surface area contributed by atoms with Crippen LogP contribution in [-0.2, 0) is 0 Å². The summed E-state index contributed by atoms with van der Waals surface area (Å²) >= 11 is 6.10. The van der Waals surface area contributed by atoms with Crippen molar-refractivity contribution in [3.05, 3.63) is 57.3 Å². The highest BCUT2D eigenvalue weighted by atomic mass is 35.5. The third kappa shape index (κ3) is 3.17. The van der Waals surface area contributed by atoms with E-state index < -0.39 is 17.2 Å². The largest absolute Gasteiger partial charge is 0.379 e. The molecule has 0 amide bonds. The van der Waals surface area contributed by atoms with Crippen molar-refractivity contribution < 1.29 is 8.78 Å². The van der Waals surface area contributed by atoms with Gasteiger partial charge in [0.05, 0.1) is 22.2 Å². The number of piperidine rings is 3. The average molecular weight is 456 g/mol. The number of imidazole rings is 1. The molecule has 2 bridgehead atoms. The van der Waals surface area contributed by atoms with Gasteiger partial charge in [-0.3, -0.25) is 4.79 Å². The van der Waals surface area contributed by atoms with Crippen molar-refractivity contribution in [1.29, 1.82) is 0 Å². The lowest BCUT2D eigenvalue weighted by Crippen LogP contribution is -2.53. The summed E-state index contributed by atoms with van der Waals surface area (Å²) in [5.41, 5.74) is 1.88. The smallest absolute Gasteiger partial charge is 0.261 e. The molecule has 0 saturated carbocycles. The zero-order valence-corrected chi connectivity index (χ0v) is 17.8. The fourth-order valence-corrected chi connectivity index (χ4v) is 5.24. The number of aromatic nitrogens is 3. The maximum atomic E-state index is 14.3. The molecule has 2 aromatic heterocycles. The van der Waals surface area contributed by atoms with Gasteiger partial charge in [0.1, 0.15) is 11.4 Å². The van der Waals surface area contributed by atoms with Crippen molar-refractivity contribution in [2.45, 2.75) is 18.9 Å². The van der Waals surface area contributed by atoms with Gasteiger partial charge in [-0.1, -0.05) is 11.6 Å². The van der Waals surface area contributed by atoms with E-state index in [1.165, 1.54) is 0 Å². The molecular formula is C23H20ClF2N5O. The van der Waals surface area contributed by atoms with Gasteiger partial charge in [0, 0.05) is 29.1 Å². The molecule has 3 aliphatic heterocycles. The molecule has 7 rings (SSSR count). The van der Waals surface area contributed by atoms with E-state index in [1.54, 1.807) is 18.2 Å². The molecule has 3 saturated heterocycles. The Hall–Kier alpha value is -2.97. The number of nitrogens with one attached hydrogen (secondary N) is 3. The molecular weight excluding hydrogens is 436 g/mol. The topological polar surface area (TPSA) is 76.8 Å². The number of hydrogen-bond donors (Lipinski definition) is 3. The number of nitrogens with zero attached hydrogens (tertiary/aromatic N) is 2. The second-order valence-electron chi connectivity index (χ2n) is 8.65. The van der Waals surface area contributed by atoms with Crippen LogP contribution >= 0.6 is 11.6 Å². The highest BCUT2D eigenvalue weighted by Gasteiger charge is 2.35. The van der Waals surface area contributed by atoms with Gasteiger partial charge in [-0.25, -0.2) is 13.8 Å². The number of halogens is 3. The Morgan fingerprint density at radius 1 is 1.06 bits per heavy atom. The van der Waals surface area contributed by atoms with E-state index in [0.29, 0.717) is 33.4 Å². The molecule has 32 heavy (non-hydrogen) atoms. The second-order valence-corrected chi connectivity index (χ2v) is 9.09. The summed E-state index contributed by atoms with van der Waals surface area (Å²) in [4.78, 5) is 26.0. The van der Waals surface area contributed by atoms with Gasteiger partial charge in [-0.15, -0.1) is 0 Å². The predicted molar refractivity (Wildman–Crippen MR) is 121 cm³/mol. The zero-order chi connectivity index (χ0) is 22.0. The molecule has 2 aromatic carbocycles. The van der Waals surface area contributed by atoms with E-state index in [9.17, 15) is 13.6 Å². The molecule has 0 radical (unpaired) electrons. The number of anilines is 1. The first-order valence-electron chi connectivity index (χ1n) is 10.7. The van der Waals surface area contributed by atoms with Crippen LogP contribution in [0.4, 0.5) is 14.5 Å². The van der Waals surface area contributed by atoms with E-state index in [0.717, 1.165) is 50.1 Å². The van der Waals surface area contributed by atoms with Crippen molar-refractivity contribution in [3.8, 4) is 11.4 Å². The van der Waals surface area contributed by atoms with Crippen molar-refractivity contribution in [3.63, 3.8) is 0 Å². The Kier molecular flexibility index (Phi) is 4.48. The van der Waals surface area contributed by atoms with Gasteiger partial charge in [-0.2, -0.15) is 0 Å². The quantitative estimate of drug-likeness (QED) is 0.425. The molecule has 0 spiro atoms. The summed E-state index contributed by atoms with van der Waals surface area (Å²) < 4.78 is 28.2. The fraction of sp³-hybridized carbons (Fsp3) is 0.304. The number of pyridine rings is 1. The average Bonchev–Trinajstić information content (AvgIpc) is 3.18. The van der Waals surface area contributed by atoms with Crippen LogP contribution in [0.5, 0.6) is 0 Å². The molecule has 3 N–H and O–H groups in total. The number of benzene rings is 2. The van der Waals surface area contributed by atoms with Crippen LogP contribution in [0.25, 0.3) is 33.3 Å². The van der Waals surface area contributed by atoms with Gasteiger partial charge < -0.3 is 20.2 Å². The van der Waals surface area contributed by atoms with E-state index >= 15 is 0 Å². The van der Waals surface area contributed by atoms with E-state index in [4.69, 9.17) is 11.6 Å². The van der Waals surface area contributed by atoms with Crippen LogP contribution < -0.4 is 10.9 Å². The molecule has 3 fully saturated rings. The summed E-state index contributed by atoms with van der Waals surface area (Å²) in [5, 5.41) is 4.47. The summed E-state index contributed by atoms with van der Waals surface area (Å²) in [5.74, 6) is -1.17. The highest BCUT2D eigenvalue weighted by Crippen LogP contribution is 2.36. The van der Waals surface area contributed by atoms with Crippen LogP contribution in [0.3, 0.4) is 0 Å². The lowest BCUT2D eigenvalue weighted by molar-refractivity contribution is 0.0976. The van der Waals surface area contributed by atoms with Crippen LogP contribution in [-0.4, -0.2) is 45.5 Å². The number of fused-ring (bicyclic) bond motifs is 5. The third-order valence-corrected chi connectivity index (χ3v) is 6.96. The van der Waals surface area contributed by atoms with Crippen LogP contribution in [0.15, 0.2) is 35.1 Å². The number of hydrogen-bond acceptors (Lipinski definition) is 4. The Balaban J connectivity index is 1.57. The lowest BCUT2D eigenvalue weighted by atomic mass is 9.83. The first-order valence-corrected chi connectivity index (χ1v) is 11.0. The zero-order valence-electron chi connectivity index (χ0n) is 17.0. The standard InChI is InChI=1S/C23H20ClF2N5O/c24-12-1-2-16-18(7-12)29-22(28-16)20-21(27-19-10-31-5-3-11(19)4-6-31)13-8-14(25)15(26)9-17(13)30-23(20)32/h1-2,7-9,11,19H,3-6,10H2,(H,28,29)(H2,27,30,32)/t19-/m0/s1. The van der Waals surface area contributed by atoms with Crippen LogP contribution in [0.2, 0.25) is 5.02 Å².